The Kier molecular flexibility index (Phi) is 6.95. The molecule has 0 aliphatic carbocycles. The van der Waals surface area contributed by atoms with Crippen molar-refractivity contribution in [3.8, 4) is 0 Å². The van der Waals surface area contributed by atoms with Crippen molar-refractivity contribution in [3.63, 3.8) is 0 Å². The Morgan fingerprint density at radius 1 is 0.758 bits per heavy atom. The molecule has 166 valence electrons. The zero-order valence-corrected chi connectivity index (χ0v) is 18.6. The van der Waals surface area contributed by atoms with E-state index in [1.54, 1.807) is 30.3 Å². The summed E-state index contributed by atoms with van der Waals surface area (Å²) in [7, 11) is -3.78. The highest BCUT2D eigenvalue weighted by molar-refractivity contribution is 7.91. The molecule has 0 saturated heterocycles. The van der Waals surface area contributed by atoms with Crippen molar-refractivity contribution in [3.05, 3.63) is 132 Å². The van der Waals surface area contributed by atoms with Gasteiger partial charge >= 0.3 is 0 Å². The van der Waals surface area contributed by atoms with Crippen molar-refractivity contribution in [1.29, 1.82) is 0 Å². The van der Waals surface area contributed by atoms with Crippen LogP contribution in [0.15, 0.2) is 125 Å². The molecule has 33 heavy (non-hydrogen) atoms. The fourth-order valence-corrected chi connectivity index (χ4v) is 5.30. The van der Waals surface area contributed by atoms with Crippen LogP contribution in [-0.2, 0) is 9.84 Å². The van der Waals surface area contributed by atoms with Crippen molar-refractivity contribution in [2.45, 2.75) is 16.6 Å². The largest absolute Gasteiger partial charge is 0.278 e. The molecule has 0 heterocycles. The van der Waals surface area contributed by atoms with Crippen LogP contribution in [0, 0.1) is 5.82 Å². The van der Waals surface area contributed by atoms with Gasteiger partial charge in [-0.1, -0.05) is 78.9 Å². The van der Waals surface area contributed by atoms with Crippen LogP contribution in [-0.4, -0.2) is 14.1 Å². The van der Waals surface area contributed by atoms with E-state index >= 15 is 0 Å². The molecule has 0 aliphatic heterocycles. The van der Waals surface area contributed by atoms with Crippen molar-refractivity contribution in [1.82, 2.24) is 0 Å². The average molecular weight is 459 g/mol. The van der Waals surface area contributed by atoms with Gasteiger partial charge in [0.1, 0.15) is 5.82 Å². The Morgan fingerprint density at radius 2 is 1.30 bits per heavy atom. The molecule has 0 aromatic heterocycles. The van der Waals surface area contributed by atoms with Gasteiger partial charge in [-0.05, 0) is 47.5 Å². The standard InChI is InChI=1S/C27H23FN2O2S/c28-23-18-16-22(17-19-23)27(33(31,32)25-14-8-3-9-15-25)20-26(21-10-4-1-5-11-21)30-29-24-12-6-2-7-13-24/h1-19,27,29H,20H2/b30-26-/t27-/m1/s1. The molecule has 0 spiro atoms. The molecule has 0 aliphatic rings. The minimum absolute atomic E-state index is 0.104. The van der Waals surface area contributed by atoms with Gasteiger partial charge in [-0.25, -0.2) is 12.8 Å². The lowest BCUT2D eigenvalue weighted by atomic mass is 10.0. The number of para-hydroxylation sites is 1. The SMILES string of the molecule is O=S(=O)(c1ccccc1)[C@H](C/C(=N/Nc1ccccc1)c1ccccc1)c1ccc(F)cc1. The fourth-order valence-electron chi connectivity index (χ4n) is 3.54. The van der Waals surface area contributed by atoms with E-state index in [-0.39, 0.29) is 11.3 Å². The van der Waals surface area contributed by atoms with Crippen LogP contribution in [0.5, 0.6) is 0 Å². The summed E-state index contributed by atoms with van der Waals surface area (Å²) in [6.07, 6.45) is 0.104. The van der Waals surface area contributed by atoms with E-state index in [0.29, 0.717) is 11.3 Å². The normalized spacial score (nSPS) is 12.8. The number of nitrogens with zero attached hydrogens (tertiary/aromatic N) is 1. The van der Waals surface area contributed by atoms with Gasteiger partial charge in [0.2, 0.25) is 0 Å². The quantitative estimate of drug-likeness (QED) is 0.251. The number of hydrogen-bond donors (Lipinski definition) is 1. The summed E-state index contributed by atoms with van der Waals surface area (Å²) in [5.74, 6) is -0.419. The minimum atomic E-state index is -3.78. The third kappa shape index (κ3) is 5.54. The zero-order chi connectivity index (χ0) is 23.1. The number of rotatable bonds is 8. The molecule has 0 amide bonds. The summed E-state index contributed by atoms with van der Waals surface area (Å²) in [6, 6.07) is 32.8. The molecule has 0 bridgehead atoms. The number of hydrogen-bond acceptors (Lipinski definition) is 4. The summed E-state index contributed by atoms with van der Waals surface area (Å²) in [5.41, 5.74) is 5.70. The Bertz CT molecular complexity index is 1310. The predicted octanol–water partition coefficient (Wildman–Crippen LogP) is 6.25. The molecule has 4 nitrogen and oxygen atoms in total. The number of nitrogens with one attached hydrogen (secondary N) is 1. The van der Waals surface area contributed by atoms with Crippen LogP contribution in [0.3, 0.4) is 0 Å². The number of benzene rings is 4. The summed E-state index contributed by atoms with van der Waals surface area (Å²) in [5, 5.41) is 3.64. The first kappa shape index (κ1) is 22.4. The van der Waals surface area contributed by atoms with E-state index in [1.807, 2.05) is 60.7 Å². The summed E-state index contributed by atoms with van der Waals surface area (Å²) in [6.45, 7) is 0. The van der Waals surface area contributed by atoms with Gasteiger partial charge in [0.05, 0.1) is 21.5 Å². The molecule has 0 unspecified atom stereocenters. The maximum atomic E-state index is 13.7. The zero-order valence-electron chi connectivity index (χ0n) is 17.8. The smallest absolute Gasteiger partial charge is 0.185 e. The highest BCUT2D eigenvalue weighted by Gasteiger charge is 2.31. The molecule has 0 saturated carbocycles. The second-order valence-electron chi connectivity index (χ2n) is 7.50. The van der Waals surface area contributed by atoms with Crippen molar-refractivity contribution >= 4 is 21.2 Å². The van der Waals surface area contributed by atoms with Gasteiger partial charge in [0.25, 0.3) is 0 Å². The maximum Gasteiger partial charge on any atom is 0.185 e. The van der Waals surface area contributed by atoms with E-state index in [9.17, 15) is 12.8 Å². The van der Waals surface area contributed by atoms with Crippen LogP contribution >= 0.6 is 0 Å². The lowest BCUT2D eigenvalue weighted by Crippen LogP contribution is -2.19. The van der Waals surface area contributed by atoms with E-state index in [0.717, 1.165) is 11.3 Å². The van der Waals surface area contributed by atoms with Gasteiger partial charge in [-0.15, -0.1) is 0 Å². The summed E-state index contributed by atoms with van der Waals surface area (Å²) in [4.78, 5) is 0.211. The minimum Gasteiger partial charge on any atom is -0.278 e. The third-order valence-electron chi connectivity index (χ3n) is 5.27. The van der Waals surface area contributed by atoms with Crippen molar-refractivity contribution in [2.24, 2.45) is 5.10 Å². The van der Waals surface area contributed by atoms with Gasteiger partial charge in [0, 0.05) is 6.42 Å². The second kappa shape index (κ2) is 10.2. The fraction of sp³-hybridized carbons (Fsp3) is 0.0741. The molecule has 1 atom stereocenters. The Labute approximate surface area is 193 Å². The van der Waals surface area contributed by atoms with Gasteiger partial charge < -0.3 is 0 Å². The number of halogens is 1. The van der Waals surface area contributed by atoms with Crippen molar-refractivity contribution in [2.75, 3.05) is 5.43 Å². The Balaban J connectivity index is 1.78. The van der Waals surface area contributed by atoms with E-state index in [4.69, 9.17) is 0 Å². The van der Waals surface area contributed by atoms with E-state index < -0.39 is 20.9 Å². The first-order chi connectivity index (χ1) is 16.0. The monoisotopic (exact) mass is 458 g/mol. The molecular formula is C27H23FN2O2S. The van der Waals surface area contributed by atoms with Crippen LogP contribution in [0.4, 0.5) is 10.1 Å². The molecule has 0 radical (unpaired) electrons. The molecule has 0 fully saturated rings. The first-order valence-electron chi connectivity index (χ1n) is 10.5. The van der Waals surface area contributed by atoms with Crippen LogP contribution < -0.4 is 5.43 Å². The summed E-state index contributed by atoms with van der Waals surface area (Å²) >= 11 is 0. The highest BCUT2D eigenvalue weighted by atomic mass is 32.2. The molecular weight excluding hydrogens is 435 g/mol. The van der Waals surface area contributed by atoms with Gasteiger partial charge in [0.15, 0.2) is 9.84 Å². The van der Waals surface area contributed by atoms with Crippen LogP contribution in [0.25, 0.3) is 0 Å². The molecule has 4 aromatic rings. The van der Waals surface area contributed by atoms with E-state index in [2.05, 4.69) is 10.5 Å². The highest BCUT2D eigenvalue weighted by Crippen LogP contribution is 2.33. The number of hydrazone groups is 1. The lowest BCUT2D eigenvalue weighted by molar-refractivity contribution is 0.582. The van der Waals surface area contributed by atoms with Gasteiger partial charge in [-0.2, -0.15) is 5.10 Å². The topological polar surface area (TPSA) is 58.5 Å². The molecule has 4 aromatic carbocycles. The van der Waals surface area contributed by atoms with Crippen LogP contribution in [0.1, 0.15) is 22.8 Å². The molecule has 4 rings (SSSR count). The summed E-state index contributed by atoms with van der Waals surface area (Å²) < 4.78 is 41.0. The Morgan fingerprint density at radius 3 is 1.91 bits per heavy atom. The maximum absolute atomic E-state index is 13.7. The Hall–Kier alpha value is -3.77. The predicted molar refractivity (Wildman–Crippen MR) is 130 cm³/mol. The molecule has 1 N–H and O–H groups in total. The second-order valence-corrected chi connectivity index (χ2v) is 9.64. The third-order valence-corrected chi connectivity index (χ3v) is 7.38. The lowest BCUT2D eigenvalue weighted by Gasteiger charge is -2.20. The average Bonchev–Trinajstić information content (AvgIpc) is 2.86. The first-order valence-corrected chi connectivity index (χ1v) is 12.1. The van der Waals surface area contributed by atoms with E-state index in [1.165, 1.54) is 24.3 Å². The number of anilines is 1. The van der Waals surface area contributed by atoms with Gasteiger partial charge in [-0.3, -0.25) is 5.43 Å². The number of sulfone groups is 1. The van der Waals surface area contributed by atoms with Crippen LogP contribution in [0.2, 0.25) is 0 Å². The molecule has 6 heteroatoms. The van der Waals surface area contributed by atoms with Crippen molar-refractivity contribution < 1.29 is 12.8 Å².